The quantitative estimate of drug-likeness (QED) is 0.580. The van der Waals surface area contributed by atoms with Crippen LogP contribution >= 0.6 is 15.9 Å². The smallest absolute Gasteiger partial charge is 0.320 e. The summed E-state index contributed by atoms with van der Waals surface area (Å²) in [5, 5.41) is 20.4. The fraction of sp³-hybridized carbons (Fsp3) is 0.250. The fourth-order valence-corrected chi connectivity index (χ4v) is 2.59. The maximum absolute atomic E-state index is 11.1. The lowest BCUT2D eigenvalue weighted by atomic mass is 10.0. The van der Waals surface area contributed by atoms with E-state index in [2.05, 4.69) is 20.9 Å². The van der Waals surface area contributed by atoms with Crippen molar-refractivity contribution >= 4 is 38.5 Å². The number of H-pyrrole nitrogens is 1. The van der Waals surface area contributed by atoms with Gasteiger partial charge in [-0.15, -0.1) is 0 Å². The molecule has 7 nitrogen and oxygen atoms in total. The predicted molar refractivity (Wildman–Crippen MR) is 76.7 cm³/mol. The van der Waals surface area contributed by atoms with Crippen LogP contribution in [0.3, 0.4) is 0 Å². The van der Waals surface area contributed by atoms with Crippen LogP contribution in [0.25, 0.3) is 10.9 Å². The van der Waals surface area contributed by atoms with E-state index in [1.165, 1.54) is 6.07 Å². The highest BCUT2D eigenvalue weighted by atomic mass is 79.9. The maximum Gasteiger partial charge on any atom is 0.320 e. The van der Waals surface area contributed by atoms with E-state index in [1.807, 2.05) is 0 Å². The number of nitro benzene ring substituents is 1. The van der Waals surface area contributed by atoms with Gasteiger partial charge in [0.15, 0.2) is 0 Å². The molecule has 1 atom stereocenters. The van der Waals surface area contributed by atoms with Crippen LogP contribution < -0.4 is 5.73 Å². The van der Waals surface area contributed by atoms with Crippen LogP contribution in [-0.4, -0.2) is 27.0 Å². The molecule has 0 bridgehead atoms. The number of aromatic amines is 1. The lowest BCUT2D eigenvalue weighted by Gasteiger charge is -2.06. The molecule has 8 heteroatoms. The zero-order valence-corrected chi connectivity index (χ0v) is 12.1. The summed E-state index contributed by atoms with van der Waals surface area (Å²) in [7, 11) is 0. The Morgan fingerprint density at radius 2 is 2.25 bits per heavy atom. The number of carboxylic acids is 1. The number of fused-ring (bicyclic) bond motifs is 1. The Balaban J connectivity index is 2.70. The number of carbonyl (C=O) groups is 1. The Bertz CT molecular complexity index is 710. The molecule has 1 unspecified atom stereocenters. The summed E-state index contributed by atoms with van der Waals surface area (Å²) in [6.07, 6.45) is 0.0263. The highest BCUT2D eigenvalue weighted by molar-refractivity contribution is 9.10. The van der Waals surface area contributed by atoms with E-state index in [-0.39, 0.29) is 12.1 Å². The molecule has 0 amide bonds. The summed E-state index contributed by atoms with van der Waals surface area (Å²) in [6.45, 7) is 1.74. The van der Waals surface area contributed by atoms with Gasteiger partial charge in [-0.1, -0.05) is 0 Å². The molecule has 0 aliphatic carbocycles. The molecule has 2 aromatic rings. The fourth-order valence-electron chi connectivity index (χ4n) is 2.16. The maximum atomic E-state index is 11.1. The largest absolute Gasteiger partial charge is 0.480 e. The molecule has 0 aliphatic rings. The highest BCUT2D eigenvalue weighted by Gasteiger charge is 2.24. The minimum atomic E-state index is -1.14. The van der Waals surface area contributed by atoms with Crippen molar-refractivity contribution in [1.82, 2.24) is 4.98 Å². The van der Waals surface area contributed by atoms with Crippen LogP contribution in [0.2, 0.25) is 0 Å². The summed E-state index contributed by atoms with van der Waals surface area (Å²) in [6, 6.07) is 1.86. The van der Waals surface area contributed by atoms with Gasteiger partial charge in [-0.25, -0.2) is 0 Å². The molecule has 0 aliphatic heterocycles. The first-order valence-corrected chi connectivity index (χ1v) is 6.54. The third kappa shape index (κ3) is 2.39. The van der Waals surface area contributed by atoms with Gasteiger partial charge >= 0.3 is 5.97 Å². The van der Waals surface area contributed by atoms with Crippen LogP contribution in [0.1, 0.15) is 11.3 Å². The number of carboxylic acid groups (broad SMARTS) is 1. The van der Waals surface area contributed by atoms with Crippen molar-refractivity contribution in [2.75, 3.05) is 0 Å². The molecule has 2 rings (SSSR count). The van der Waals surface area contributed by atoms with E-state index in [9.17, 15) is 14.9 Å². The van der Waals surface area contributed by atoms with Crippen LogP contribution in [0.5, 0.6) is 0 Å². The van der Waals surface area contributed by atoms with Crippen molar-refractivity contribution in [2.24, 2.45) is 5.73 Å². The number of aromatic nitrogens is 1. The third-order valence-corrected chi connectivity index (χ3v) is 3.80. The number of aliphatic carboxylic acids is 1. The standard InChI is InChI=1S/C12H12BrN3O4/c1-5-6(4-8(14)12(17)18)10-9(16(19)20)3-2-7(13)11(10)15-5/h2-3,8,15H,4,14H2,1H3,(H,17,18). The number of hydrogen-bond acceptors (Lipinski definition) is 4. The molecule has 1 aromatic heterocycles. The Kier molecular flexibility index (Phi) is 3.78. The number of nitrogens with one attached hydrogen (secondary N) is 1. The van der Waals surface area contributed by atoms with Crippen LogP contribution in [0.4, 0.5) is 5.69 Å². The van der Waals surface area contributed by atoms with Crippen LogP contribution in [-0.2, 0) is 11.2 Å². The highest BCUT2D eigenvalue weighted by Crippen LogP contribution is 2.35. The lowest BCUT2D eigenvalue weighted by molar-refractivity contribution is -0.383. The van der Waals surface area contributed by atoms with Gasteiger partial charge in [-0.05, 0) is 34.5 Å². The SMILES string of the molecule is Cc1[nH]c2c(Br)ccc([N+](=O)[O-])c2c1CC(N)C(=O)O. The topological polar surface area (TPSA) is 122 Å². The van der Waals surface area contributed by atoms with Crippen LogP contribution in [0, 0.1) is 17.0 Å². The van der Waals surface area contributed by atoms with Crippen LogP contribution in [0.15, 0.2) is 16.6 Å². The van der Waals surface area contributed by atoms with Crippen molar-refractivity contribution in [3.8, 4) is 0 Å². The number of benzene rings is 1. The summed E-state index contributed by atoms with van der Waals surface area (Å²) >= 11 is 3.32. The van der Waals surface area contributed by atoms with E-state index >= 15 is 0 Å². The number of hydrogen-bond donors (Lipinski definition) is 3. The minimum Gasteiger partial charge on any atom is -0.480 e. The van der Waals surface area contributed by atoms with Crippen molar-refractivity contribution in [1.29, 1.82) is 0 Å². The number of nitrogens with two attached hydrogens (primary N) is 1. The Morgan fingerprint density at radius 1 is 1.60 bits per heavy atom. The van der Waals surface area contributed by atoms with Gasteiger partial charge in [0.2, 0.25) is 0 Å². The Morgan fingerprint density at radius 3 is 2.80 bits per heavy atom. The molecule has 0 spiro atoms. The van der Waals surface area contributed by atoms with E-state index < -0.39 is 16.9 Å². The number of non-ortho nitro benzene ring substituents is 1. The predicted octanol–water partition coefficient (Wildman–Crippen LogP) is 2.10. The number of aryl methyl sites for hydroxylation is 1. The molecule has 0 saturated heterocycles. The van der Waals surface area contributed by atoms with Gasteiger partial charge < -0.3 is 15.8 Å². The van der Waals surface area contributed by atoms with Crippen molar-refractivity contribution in [3.63, 3.8) is 0 Å². The molecular weight excluding hydrogens is 330 g/mol. The second kappa shape index (κ2) is 5.22. The van der Waals surface area contributed by atoms with Gasteiger partial charge in [-0.2, -0.15) is 0 Å². The molecular formula is C12H12BrN3O4. The number of nitro groups is 1. The zero-order valence-electron chi connectivity index (χ0n) is 10.5. The number of nitrogens with zero attached hydrogens (tertiary/aromatic N) is 1. The number of rotatable bonds is 4. The normalized spacial score (nSPS) is 12.6. The molecule has 0 radical (unpaired) electrons. The molecule has 4 N–H and O–H groups in total. The lowest BCUT2D eigenvalue weighted by Crippen LogP contribution is -2.32. The Labute approximate surface area is 122 Å². The summed E-state index contributed by atoms with van der Waals surface area (Å²) in [4.78, 5) is 24.6. The second-order valence-electron chi connectivity index (χ2n) is 4.45. The third-order valence-electron chi connectivity index (χ3n) is 3.14. The number of halogens is 1. The molecule has 0 saturated carbocycles. The summed E-state index contributed by atoms with van der Waals surface area (Å²) < 4.78 is 0.677. The van der Waals surface area contributed by atoms with Gasteiger partial charge in [0, 0.05) is 22.7 Å². The average molecular weight is 342 g/mol. The minimum absolute atomic E-state index is 0.0263. The molecule has 1 aromatic carbocycles. The first-order chi connectivity index (χ1) is 9.32. The first-order valence-electron chi connectivity index (χ1n) is 5.75. The van der Waals surface area contributed by atoms with Crippen molar-refractivity contribution < 1.29 is 14.8 Å². The first kappa shape index (κ1) is 14.5. The average Bonchev–Trinajstić information content (AvgIpc) is 2.68. The van der Waals surface area contributed by atoms with E-state index in [4.69, 9.17) is 10.8 Å². The van der Waals surface area contributed by atoms with Gasteiger partial charge in [-0.3, -0.25) is 14.9 Å². The van der Waals surface area contributed by atoms with E-state index in [0.717, 1.165) is 0 Å². The van der Waals surface area contributed by atoms with Gasteiger partial charge in [0.1, 0.15) is 6.04 Å². The van der Waals surface area contributed by atoms with E-state index in [0.29, 0.717) is 26.6 Å². The van der Waals surface area contributed by atoms with Gasteiger partial charge in [0.25, 0.3) is 5.69 Å². The molecule has 106 valence electrons. The second-order valence-corrected chi connectivity index (χ2v) is 5.31. The van der Waals surface area contributed by atoms with Crippen molar-refractivity contribution in [2.45, 2.75) is 19.4 Å². The van der Waals surface area contributed by atoms with Crippen molar-refractivity contribution in [3.05, 3.63) is 38.0 Å². The summed E-state index contributed by atoms with van der Waals surface area (Å²) in [5.74, 6) is -1.14. The zero-order chi connectivity index (χ0) is 15.0. The van der Waals surface area contributed by atoms with E-state index in [1.54, 1.807) is 13.0 Å². The monoisotopic (exact) mass is 341 g/mol. The Hall–Kier alpha value is -1.93. The van der Waals surface area contributed by atoms with Gasteiger partial charge in [0.05, 0.1) is 15.8 Å². The molecule has 1 heterocycles. The molecule has 0 fully saturated rings. The summed E-state index contributed by atoms with van der Waals surface area (Å²) in [5.41, 5.74) is 7.27. The molecule has 20 heavy (non-hydrogen) atoms.